The monoisotopic (exact) mass is 281 g/mol. The highest BCUT2D eigenvalue weighted by atomic mass is 16.5. The average Bonchev–Trinajstić information content (AvgIpc) is 2.76. The molecule has 1 aliphatic heterocycles. The van der Waals surface area contributed by atoms with Crippen molar-refractivity contribution in [3.05, 3.63) is 18.0 Å². The standard InChI is InChI=1S/C14H23N3O3/c1-10-12(13(18)19)16(5-6-20-10)8-11-7-15-17(9-11)14(2,3)4/h7,9-10,12H,5-6,8H2,1-4H3,(H,18,19)/t10-,12+/m1/s1. The highest BCUT2D eigenvalue weighted by molar-refractivity contribution is 5.74. The Bertz CT molecular complexity index is 478. The molecule has 6 nitrogen and oxygen atoms in total. The topological polar surface area (TPSA) is 67.6 Å². The molecule has 0 radical (unpaired) electrons. The number of carboxylic acids is 1. The maximum atomic E-state index is 11.4. The average molecular weight is 281 g/mol. The zero-order valence-electron chi connectivity index (χ0n) is 12.5. The van der Waals surface area contributed by atoms with E-state index in [-0.39, 0.29) is 11.6 Å². The van der Waals surface area contributed by atoms with Crippen molar-refractivity contribution in [2.75, 3.05) is 13.2 Å². The molecule has 0 aliphatic carbocycles. The van der Waals surface area contributed by atoms with Crippen molar-refractivity contribution < 1.29 is 14.6 Å². The van der Waals surface area contributed by atoms with Gasteiger partial charge in [0.05, 0.1) is 24.4 Å². The Balaban J connectivity index is 2.11. The Kier molecular flexibility index (Phi) is 4.15. The summed E-state index contributed by atoms with van der Waals surface area (Å²) >= 11 is 0. The van der Waals surface area contributed by atoms with Gasteiger partial charge in [-0.3, -0.25) is 14.4 Å². The third-order valence-electron chi connectivity index (χ3n) is 3.56. The molecule has 2 rings (SSSR count). The van der Waals surface area contributed by atoms with E-state index in [9.17, 15) is 9.90 Å². The number of aromatic nitrogens is 2. The van der Waals surface area contributed by atoms with Gasteiger partial charge in [0.1, 0.15) is 6.04 Å². The summed E-state index contributed by atoms with van der Waals surface area (Å²) in [4.78, 5) is 13.3. The molecule has 6 heteroatoms. The van der Waals surface area contributed by atoms with Crippen molar-refractivity contribution in [2.24, 2.45) is 0 Å². The van der Waals surface area contributed by atoms with Gasteiger partial charge in [-0.25, -0.2) is 0 Å². The second kappa shape index (κ2) is 5.54. The molecule has 0 unspecified atom stereocenters. The molecule has 1 aromatic heterocycles. The van der Waals surface area contributed by atoms with Gasteiger partial charge in [0.2, 0.25) is 0 Å². The van der Waals surface area contributed by atoms with Crippen molar-refractivity contribution in [3.63, 3.8) is 0 Å². The van der Waals surface area contributed by atoms with Crippen molar-refractivity contribution in [2.45, 2.75) is 51.9 Å². The molecule has 2 heterocycles. The highest BCUT2D eigenvalue weighted by Crippen LogP contribution is 2.19. The fourth-order valence-electron chi connectivity index (χ4n) is 2.46. The van der Waals surface area contributed by atoms with E-state index >= 15 is 0 Å². The van der Waals surface area contributed by atoms with Gasteiger partial charge in [-0.2, -0.15) is 5.10 Å². The van der Waals surface area contributed by atoms with Crippen molar-refractivity contribution in [3.8, 4) is 0 Å². The summed E-state index contributed by atoms with van der Waals surface area (Å²) in [7, 11) is 0. The second-order valence-electron chi connectivity index (χ2n) is 6.29. The van der Waals surface area contributed by atoms with E-state index in [4.69, 9.17) is 4.74 Å². The Morgan fingerprint density at radius 1 is 1.55 bits per heavy atom. The summed E-state index contributed by atoms with van der Waals surface area (Å²) in [5.74, 6) is -0.833. The number of aliphatic carboxylic acids is 1. The first-order valence-corrected chi connectivity index (χ1v) is 6.91. The molecule has 2 atom stereocenters. The predicted molar refractivity (Wildman–Crippen MR) is 74.5 cm³/mol. The van der Waals surface area contributed by atoms with Crippen molar-refractivity contribution in [1.82, 2.24) is 14.7 Å². The lowest BCUT2D eigenvalue weighted by Gasteiger charge is -2.36. The molecule has 1 N–H and O–H groups in total. The first kappa shape index (κ1) is 15.0. The lowest BCUT2D eigenvalue weighted by molar-refractivity contribution is -0.156. The molecule has 0 aromatic carbocycles. The lowest BCUT2D eigenvalue weighted by Crippen LogP contribution is -2.53. The molecular formula is C14H23N3O3. The van der Waals surface area contributed by atoms with Crippen LogP contribution in [0, 0.1) is 0 Å². The Morgan fingerprint density at radius 2 is 2.25 bits per heavy atom. The van der Waals surface area contributed by atoms with Gasteiger partial charge in [0.25, 0.3) is 0 Å². The van der Waals surface area contributed by atoms with E-state index in [1.165, 1.54) is 0 Å². The van der Waals surface area contributed by atoms with Crippen LogP contribution >= 0.6 is 0 Å². The molecule has 0 bridgehead atoms. The fraction of sp³-hybridized carbons (Fsp3) is 0.714. The Labute approximate surface area is 119 Å². The number of morpholine rings is 1. The van der Waals surface area contributed by atoms with Crippen LogP contribution in [0.25, 0.3) is 0 Å². The number of ether oxygens (including phenoxy) is 1. The van der Waals surface area contributed by atoms with Crippen LogP contribution in [-0.4, -0.2) is 51.1 Å². The maximum Gasteiger partial charge on any atom is 0.323 e. The quantitative estimate of drug-likeness (QED) is 0.905. The maximum absolute atomic E-state index is 11.4. The molecular weight excluding hydrogens is 258 g/mol. The third-order valence-corrected chi connectivity index (χ3v) is 3.56. The first-order valence-electron chi connectivity index (χ1n) is 6.91. The minimum atomic E-state index is -0.833. The van der Waals surface area contributed by atoms with E-state index in [0.29, 0.717) is 19.7 Å². The van der Waals surface area contributed by atoms with Gasteiger partial charge in [-0.15, -0.1) is 0 Å². The van der Waals surface area contributed by atoms with Crippen LogP contribution in [0.1, 0.15) is 33.3 Å². The summed E-state index contributed by atoms with van der Waals surface area (Å²) in [6.07, 6.45) is 3.50. The van der Waals surface area contributed by atoms with Gasteiger partial charge in [-0.1, -0.05) is 0 Å². The largest absolute Gasteiger partial charge is 0.480 e. The molecule has 112 valence electrons. The predicted octanol–water partition coefficient (Wildman–Crippen LogP) is 1.31. The van der Waals surface area contributed by atoms with Crippen molar-refractivity contribution >= 4 is 5.97 Å². The van der Waals surface area contributed by atoms with E-state index in [1.807, 2.05) is 28.9 Å². The number of rotatable bonds is 3. The molecule has 1 aliphatic rings. The van der Waals surface area contributed by atoms with Crippen LogP contribution in [0.15, 0.2) is 12.4 Å². The number of carbonyl (C=O) groups is 1. The summed E-state index contributed by atoms with van der Waals surface area (Å²) in [5.41, 5.74) is 0.961. The van der Waals surface area contributed by atoms with Gasteiger partial charge in [-0.05, 0) is 27.7 Å². The third kappa shape index (κ3) is 3.19. The van der Waals surface area contributed by atoms with Crippen molar-refractivity contribution in [1.29, 1.82) is 0 Å². The van der Waals surface area contributed by atoms with Crippen LogP contribution in [0.5, 0.6) is 0 Å². The zero-order valence-corrected chi connectivity index (χ0v) is 12.5. The van der Waals surface area contributed by atoms with Crippen LogP contribution < -0.4 is 0 Å². The van der Waals surface area contributed by atoms with Gasteiger partial charge < -0.3 is 9.84 Å². The SMILES string of the molecule is C[C@H]1OCCN(Cc2cnn(C(C)(C)C)c2)[C@@H]1C(=O)O. The summed E-state index contributed by atoms with van der Waals surface area (Å²) in [6.45, 7) is 9.84. The summed E-state index contributed by atoms with van der Waals surface area (Å²) in [6, 6.07) is -0.596. The van der Waals surface area contributed by atoms with E-state index in [2.05, 4.69) is 25.9 Å². The number of nitrogens with zero attached hydrogens (tertiary/aromatic N) is 3. The molecule has 20 heavy (non-hydrogen) atoms. The summed E-state index contributed by atoms with van der Waals surface area (Å²) in [5, 5.41) is 13.7. The normalized spacial score (nSPS) is 24.8. The molecule has 0 spiro atoms. The van der Waals surface area contributed by atoms with Gasteiger partial charge in [0, 0.05) is 24.8 Å². The number of hydrogen-bond donors (Lipinski definition) is 1. The molecule has 0 saturated carbocycles. The first-order chi connectivity index (χ1) is 9.29. The smallest absolute Gasteiger partial charge is 0.323 e. The van der Waals surface area contributed by atoms with Crippen LogP contribution in [0.3, 0.4) is 0 Å². The molecule has 1 aromatic rings. The molecule has 1 fully saturated rings. The fourth-order valence-corrected chi connectivity index (χ4v) is 2.46. The van der Waals surface area contributed by atoms with E-state index < -0.39 is 12.0 Å². The molecule has 0 amide bonds. The van der Waals surface area contributed by atoms with E-state index in [0.717, 1.165) is 5.56 Å². The minimum Gasteiger partial charge on any atom is -0.480 e. The Hall–Kier alpha value is -1.40. The van der Waals surface area contributed by atoms with Crippen LogP contribution in [-0.2, 0) is 21.6 Å². The Morgan fingerprint density at radius 3 is 2.80 bits per heavy atom. The van der Waals surface area contributed by atoms with Gasteiger partial charge in [0.15, 0.2) is 0 Å². The lowest BCUT2D eigenvalue weighted by atomic mass is 10.1. The van der Waals surface area contributed by atoms with E-state index in [1.54, 1.807) is 0 Å². The number of carboxylic acid groups (broad SMARTS) is 1. The van der Waals surface area contributed by atoms with Crippen LogP contribution in [0.2, 0.25) is 0 Å². The zero-order chi connectivity index (χ0) is 14.9. The summed E-state index contributed by atoms with van der Waals surface area (Å²) < 4.78 is 7.34. The van der Waals surface area contributed by atoms with Crippen LogP contribution in [0.4, 0.5) is 0 Å². The number of hydrogen-bond acceptors (Lipinski definition) is 4. The highest BCUT2D eigenvalue weighted by Gasteiger charge is 2.35. The molecule has 1 saturated heterocycles. The second-order valence-corrected chi connectivity index (χ2v) is 6.29. The van der Waals surface area contributed by atoms with Gasteiger partial charge >= 0.3 is 5.97 Å². The minimum absolute atomic E-state index is 0.0667.